The van der Waals surface area contributed by atoms with Gasteiger partial charge in [0, 0.05) is 18.6 Å². The Kier molecular flexibility index (Phi) is 18.7. The van der Waals surface area contributed by atoms with E-state index in [-0.39, 0.29) is 68.3 Å². The number of rotatable bonds is 25. The molecule has 0 saturated heterocycles. The van der Waals surface area contributed by atoms with E-state index in [1.54, 1.807) is 45.0 Å². The van der Waals surface area contributed by atoms with Crippen molar-refractivity contribution in [1.29, 1.82) is 0 Å². The highest BCUT2D eigenvalue weighted by molar-refractivity contribution is 5.95. The molecule has 6 aromatic carbocycles. The zero-order valence-corrected chi connectivity index (χ0v) is 39.2. The molecule has 0 fully saturated rings. The normalized spacial score (nSPS) is 12.7. The summed E-state index contributed by atoms with van der Waals surface area (Å²) in [6.07, 6.45) is -4.30. The van der Waals surface area contributed by atoms with Crippen LogP contribution in [-0.4, -0.2) is 58.5 Å². The molecule has 69 heavy (non-hydrogen) atoms. The average Bonchev–Trinajstić information content (AvgIpc) is 3.31. The Morgan fingerprint density at radius 2 is 0.812 bits per heavy atom. The number of carboxylic acid groups (broad SMARTS) is 1. The summed E-state index contributed by atoms with van der Waals surface area (Å²) >= 11 is 0. The Labute approximate surface area is 402 Å². The Bertz CT molecular complexity index is 2600. The molecule has 0 aliphatic rings. The minimum atomic E-state index is -1.14. The molecule has 13 nitrogen and oxygen atoms in total. The fourth-order valence-electron chi connectivity index (χ4n) is 7.41. The van der Waals surface area contributed by atoms with Crippen LogP contribution in [0, 0.1) is 0 Å². The van der Waals surface area contributed by atoms with Gasteiger partial charge in [0.2, 0.25) is 0 Å². The van der Waals surface area contributed by atoms with Crippen LogP contribution in [-0.2, 0) is 63.1 Å². The van der Waals surface area contributed by atoms with Crippen molar-refractivity contribution in [3.05, 3.63) is 190 Å². The summed E-state index contributed by atoms with van der Waals surface area (Å²) in [6, 6.07) is 44.4. The molecule has 0 aromatic heterocycles. The second kappa shape index (κ2) is 25.5. The van der Waals surface area contributed by atoms with Gasteiger partial charge in [-0.2, -0.15) is 0 Å². The minimum Gasteiger partial charge on any atom is -0.489 e. The topological polar surface area (TPSA) is 173 Å². The standard InChI is InChI=1S/C56H58O13/c1-37(57)25-45-29-47(63-33-41-17-9-5-10-18-41)31-49(65-35-43-21-13-7-14-22-43)53(45)55(61)69-40(4)28-52(60)67-38(2)26-46-30-48(64-34-42-19-11-6-12-20-42)32-50(66-36-44-23-15-8-16-24-44)54(46)56(62)68-39(3)27-51(58)59/h5-24,29-32,37-40,57H,25-28,33-36H2,1-4H3,(H,58,59)/t37-,38-,39-,40-/m1/s1. The van der Waals surface area contributed by atoms with E-state index in [0.717, 1.165) is 22.3 Å². The summed E-state index contributed by atoms with van der Waals surface area (Å²) in [6.45, 7) is 6.97. The van der Waals surface area contributed by atoms with Gasteiger partial charge in [-0.3, -0.25) is 9.59 Å². The maximum atomic E-state index is 14.1. The maximum Gasteiger partial charge on any atom is 0.342 e. The first-order chi connectivity index (χ1) is 33.3. The molecule has 0 aliphatic carbocycles. The van der Waals surface area contributed by atoms with Crippen molar-refractivity contribution in [3.63, 3.8) is 0 Å². The van der Waals surface area contributed by atoms with E-state index in [2.05, 4.69) is 0 Å². The lowest BCUT2D eigenvalue weighted by Crippen LogP contribution is -2.25. The van der Waals surface area contributed by atoms with Crippen LogP contribution in [0.15, 0.2) is 146 Å². The summed E-state index contributed by atoms with van der Waals surface area (Å²) in [5.74, 6) is -2.32. The Morgan fingerprint density at radius 3 is 1.19 bits per heavy atom. The van der Waals surface area contributed by atoms with E-state index in [1.807, 2.05) is 121 Å². The third-order valence-corrected chi connectivity index (χ3v) is 10.6. The van der Waals surface area contributed by atoms with Crippen molar-refractivity contribution >= 4 is 23.9 Å². The van der Waals surface area contributed by atoms with Crippen molar-refractivity contribution in [2.45, 2.75) is 104 Å². The number of aliphatic hydroxyl groups is 1. The molecule has 0 aliphatic heterocycles. The molecule has 0 spiro atoms. The molecule has 0 bridgehead atoms. The highest BCUT2D eigenvalue weighted by Gasteiger charge is 2.28. The van der Waals surface area contributed by atoms with Crippen LogP contribution in [0.3, 0.4) is 0 Å². The van der Waals surface area contributed by atoms with Crippen molar-refractivity contribution in [2.24, 2.45) is 0 Å². The van der Waals surface area contributed by atoms with Gasteiger partial charge >= 0.3 is 23.9 Å². The average molecular weight is 939 g/mol. The van der Waals surface area contributed by atoms with Gasteiger partial charge in [0.1, 0.15) is 78.9 Å². The molecule has 6 aromatic rings. The summed E-state index contributed by atoms with van der Waals surface area (Å²) in [5.41, 5.74) is 4.42. The highest BCUT2D eigenvalue weighted by Crippen LogP contribution is 2.35. The van der Waals surface area contributed by atoms with Gasteiger partial charge in [-0.1, -0.05) is 121 Å². The SMILES string of the molecule is C[C@H](Cc1cc(OCc2ccccc2)cc(OCc2ccccc2)c1C(=O)O[C@H](C)CC(=O)O)OC(=O)C[C@@H](C)OC(=O)c1c(C[C@@H](C)O)cc(OCc2ccccc2)cc1OCc1ccccc1. The quantitative estimate of drug-likeness (QED) is 0.0411. The zero-order valence-electron chi connectivity index (χ0n) is 39.2. The smallest absolute Gasteiger partial charge is 0.342 e. The third-order valence-electron chi connectivity index (χ3n) is 10.6. The van der Waals surface area contributed by atoms with E-state index < -0.39 is 54.7 Å². The molecule has 0 heterocycles. The molecule has 0 radical (unpaired) electrons. The summed E-state index contributed by atoms with van der Waals surface area (Å²) < 4.78 is 42.2. The van der Waals surface area contributed by atoms with Gasteiger partial charge in [-0.25, -0.2) is 9.59 Å². The number of esters is 3. The largest absolute Gasteiger partial charge is 0.489 e. The van der Waals surface area contributed by atoms with Crippen LogP contribution in [0.1, 0.15) is 94.6 Å². The van der Waals surface area contributed by atoms with Crippen LogP contribution in [0.4, 0.5) is 0 Å². The molecular formula is C56H58O13. The number of hydrogen-bond donors (Lipinski definition) is 2. The maximum absolute atomic E-state index is 14.1. The summed E-state index contributed by atoms with van der Waals surface area (Å²) in [7, 11) is 0. The summed E-state index contributed by atoms with van der Waals surface area (Å²) in [4.78, 5) is 53.2. The molecule has 4 atom stereocenters. The van der Waals surface area contributed by atoms with Crippen molar-refractivity contribution in [3.8, 4) is 23.0 Å². The van der Waals surface area contributed by atoms with Gasteiger partial charge in [0.05, 0.1) is 18.9 Å². The molecule has 2 N–H and O–H groups in total. The Hall–Kier alpha value is -7.64. The lowest BCUT2D eigenvalue weighted by atomic mass is 10.00. The molecule has 360 valence electrons. The number of benzene rings is 6. The van der Waals surface area contributed by atoms with Crippen LogP contribution < -0.4 is 18.9 Å². The Morgan fingerprint density at radius 1 is 0.449 bits per heavy atom. The molecule has 0 amide bonds. The van der Waals surface area contributed by atoms with E-state index in [4.69, 9.17) is 33.2 Å². The molecule has 0 saturated carbocycles. The lowest BCUT2D eigenvalue weighted by molar-refractivity contribution is -0.150. The van der Waals surface area contributed by atoms with Crippen molar-refractivity contribution in [2.75, 3.05) is 0 Å². The molecular weight excluding hydrogens is 881 g/mol. The van der Waals surface area contributed by atoms with Gasteiger partial charge in [0.25, 0.3) is 0 Å². The number of aliphatic carboxylic acids is 1. The van der Waals surface area contributed by atoms with Gasteiger partial charge in [0.15, 0.2) is 0 Å². The molecule has 6 rings (SSSR count). The number of carboxylic acids is 1. The second-order valence-electron chi connectivity index (χ2n) is 16.8. The van der Waals surface area contributed by atoms with Crippen LogP contribution in [0.2, 0.25) is 0 Å². The fraction of sp³-hybridized carbons (Fsp3) is 0.286. The van der Waals surface area contributed by atoms with Crippen LogP contribution in [0.5, 0.6) is 23.0 Å². The molecule has 13 heteroatoms. The number of hydrogen-bond acceptors (Lipinski definition) is 12. The van der Waals surface area contributed by atoms with Gasteiger partial charge in [-0.05, 0) is 79.6 Å². The highest BCUT2D eigenvalue weighted by atomic mass is 16.6. The van der Waals surface area contributed by atoms with Crippen LogP contribution >= 0.6 is 0 Å². The predicted molar refractivity (Wildman–Crippen MR) is 257 cm³/mol. The van der Waals surface area contributed by atoms with E-state index in [9.17, 15) is 29.4 Å². The molecule has 0 unspecified atom stereocenters. The van der Waals surface area contributed by atoms with Gasteiger partial charge < -0.3 is 43.4 Å². The summed E-state index contributed by atoms with van der Waals surface area (Å²) in [5, 5.41) is 19.9. The number of carbonyl (C=O) groups excluding carboxylic acids is 3. The van der Waals surface area contributed by atoms with Crippen molar-refractivity contribution < 1.29 is 62.5 Å². The van der Waals surface area contributed by atoms with Crippen LogP contribution in [0.25, 0.3) is 0 Å². The van der Waals surface area contributed by atoms with E-state index >= 15 is 0 Å². The first-order valence-corrected chi connectivity index (χ1v) is 22.8. The van der Waals surface area contributed by atoms with E-state index in [0.29, 0.717) is 22.6 Å². The third kappa shape index (κ3) is 16.3. The number of carbonyl (C=O) groups is 4. The number of aliphatic hydroxyl groups excluding tert-OH is 1. The lowest BCUT2D eigenvalue weighted by Gasteiger charge is -2.22. The Balaban J connectivity index is 1.21. The van der Waals surface area contributed by atoms with E-state index in [1.165, 1.54) is 6.92 Å². The number of ether oxygens (including phenoxy) is 7. The fourth-order valence-corrected chi connectivity index (χ4v) is 7.41. The monoisotopic (exact) mass is 938 g/mol. The van der Waals surface area contributed by atoms with Gasteiger partial charge in [-0.15, -0.1) is 0 Å². The zero-order chi connectivity index (χ0) is 49.1. The second-order valence-corrected chi connectivity index (χ2v) is 16.8. The minimum absolute atomic E-state index is 0.00853. The predicted octanol–water partition coefficient (Wildman–Crippen LogP) is 10.1. The van der Waals surface area contributed by atoms with Crippen molar-refractivity contribution in [1.82, 2.24) is 0 Å². The first kappa shape index (κ1) is 50.8. The first-order valence-electron chi connectivity index (χ1n) is 22.8.